The highest BCUT2D eigenvalue weighted by Crippen LogP contribution is 2.41. The van der Waals surface area contributed by atoms with Gasteiger partial charge in [-0.05, 0) is 121 Å². The first kappa shape index (κ1) is 45.1. The third-order valence-electron chi connectivity index (χ3n) is 18.5. The summed E-state index contributed by atoms with van der Waals surface area (Å²) in [6, 6.07) is 27.9. The predicted octanol–water partition coefficient (Wildman–Crippen LogP) is -17.2. The first-order valence-electron chi connectivity index (χ1n) is 25.0. The third kappa shape index (κ3) is 5.76. The van der Waals surface area contributed by atoms with Gasteiger partial charge in [-0.3, -0.25) is 0 Å². The van der Waals surface area contributed by atoms with Crippen molar-refractivity contribution in [1.29, 1.82) is 0 Å². The van der Waals surface area contributed by atoms with Crippen LogP contribution in [0, 0.1) is 0 Å². The maximum Gasteiger partial charge on any atom is 0.139 e. The second-order valence-electron chi connectivity index (χ2n) is 21.2. The van der Waals surface area contributed by atoms with Gasteiger partial charge in [0.1, 0.15) is 141 Å². The summed E-state index contributed by atoms with van der Waals surface area (Å²) in [5.41, 5.74) is 35.6. The van der Waals surface area contributed by atoms with Crippen LogP contribution in [-0.4, -0.2) is 141 Å². The Labute approximate surface area is 418 Å². The SMILES string of the molecule is Bc1c(B)c2c(B)c(B)c3c(B)c(B)c(-c4cccc(-c5ccc(-c6c(B)c(B)c7c(B)c(B)c8c(B)c(B)c(B)c9c(B)c(B)c6c7c89)c(-c6ccccc6)c5)c4)c4c(B)c(B)c(c1B)c2c34. The smallest absolute Gasteiger partial charge is 0.100 e. The Morgan fingerprint density at radius 1 is 0.176 bits per heavy atom. The first-order valence-corrected chi connectivity index (χ1v) is 25.0. The fourth-order valence-electron chi connectivity index (χ4n) is 13.7. The second-order valence-corrected chi connectivity index (χ2v) is 21.2. The lowest BCUT2D eigenvalue weighted by molar-refractivity contribution is 1.58. The number of hydrogen-bond donors (Lipinski definition) is 0. The van der Waals surface area contributed by atoms with E-state index < -0.39 is 0 Å². The molecule has 302 valence electrons. The molecule has 11 rings (SSSR count). The van der Waals surface area contributed by atoms with E-state index in [-0.39, 0.29) is 0 Å². The van der Waals surface area contributed by atoms with Crippen LogP contribution in [0.2, 0.25) is 0 Å². The van der Waals surface area contributed by atoms with Crippen LogP contribution in [0.25, 0.3) is 109 Å². The summed E-state index contributed by atoms with van der Waals surface area (Å²) in [5, 5.41) is 17.3. The van der Waals surface area contributed by atoms with E-state index in [0.29, 0.717) is 0 Å². The molecule has 0 bridgehead atoms. The summed E-state index contributed by atoms with van der Waals surface area (Å²) >= 11 is 0. The summed E-state index contributed by atoms with van der Waals surface area (Å²) in [7, 11) is 42.5. The van der Waals surface area contributed by atoms with Crippen molar-refractivity contribution in [3.05, 3.63) is 72.8 Å². The molecule has 0 aromatic heterocycles. The predicted molar refractivity (Wildman–Crippen MR) is 363 cm³/mol. The lowest BCUT2D eigenvalue weighted by atomic mass is 9.58. The minimum atomic E-state index is 1.23. The van der Waals surface area contributed by atoms with E-state index in [4.69, 9.17) is 0 Å². The van der Waals surface area contributed by atoms with Gasteiger partial charge in [0, 0.05) is 0 Å². The Balaban J connectivity index is 1.20. The van der Waals surface area contributed by atoms with Crippen LogP contribution >= 0.6 is 0 Å². The van der Waals surface area contributed by atoms with Gasteiger partial charge in [-0.2, -0.15) is 0 Å². The van der Waals surface area contributed by atoms with Crippen molar-refractivity contribution in [2.24, 2.45) is 0 Å². The van der Waals surface area contributed by atoms with Gasteiger partial charge in [-0.25, -0.2) is 0 Å². The van der Waals surface area contributed by atoms with E-state index in [0.717, 1.165) is 0 Å². The van der Waals surface area contributed by atoms with Crippen molar-refractivity contribution in [2.75, 3.05) is 0 Å². The third-order valence-corrected chi connectivity index (χ3v) is 18.5. The summed E-state index contributed by atoms with van der Waals surface area (Å²) in [4.78, 5) is 0. The highest BCUT2D eigenvalue weighted by molar-refractivity contribution is 6.77. The van der Waals surface area contributed by atoms with Crippen LogP contribution in [0.5, 0.6) is 0 Å². The van der Waals surface area contributed by atoms with Crippen LogP contribution in [0.4, 0.5) is 0 Å². The van der Waals surface area contributed by atoms with Crippen molar-refractivity contribution in [1.82, 2.24) is 0 Å². The topological polar surface area (TPSA) is 0 Å². The van der Waals surface area contributed by atoms with Crippen LogP contribution in [-0.2, 0) is 0 Å². The van der Waals surface area contributed by atoms with Gasteiger partial charge in [-0.15, -0.1) is 10.9 Å². The molecule has 18 heteroatoms. The van der Waals surface area contributed by atoms with Crippen LogP contribution < -0.4 is 98.3 Å². The fourth-order valence-corrected chi connectivity index (χ4v) is 13.7. The highest BCUT2D eigenvalue weighted by Gasteiger charge is 2.28. The zero-order chi connectivity index (χ0) is 48.4. The summed E-state index contributed by atoms with van der Waals surface area (Å²) in [5.74, 6) is 0. The Morgan fingerprint density at radius 3 is 0.926 bits per heavy atom. The van der Waals surface area contributed by atoms with Crippen molar-refractivity contribution >= 4 is 304 Å². The molecule has 0 radical (unpaired) electrons. The molecule has 0 amide bonds. The molecule has 68 heavy (non-hydrogen) atoms. The molecule has 0 unspecified atom stereocenters. The average Bonchev–Trinajstić information content (AvgIpc) is 3.33. The molecule has 0 heterocycles. The van der Waals surface area contributed by atoms with Crippen molar-refractivity contribution in [2.45, 2.75) is 0 Å². The van der Waals surface area contributed by atoms with Gasteiger partial charge in [0.25, 0.3) is 0 Å². The van der Waals surface area contributed by atoms with Crippen LogP contribution in [0.15, 0.2) is 72.8 Å². The zero-order valence-electron chi connectivity index (χ0n) is 43.9. The van der Waals surface area contributed by atoms with Gasteiger partial charge in [0.2, 0.25) is 0 Å². The van der Waals surface area contributed by atoms with Gasteiger partial charge >= 0.3 is 0 Å². The second kappa shape index (κ2) is 15.6. The van der Waals surface area contributed by atoms with Crippen molar-refractivity contribution < 1.29 is 0 Å². The Kier molecular flexibility index (Phi) is 10.3. The van der Waals surface area contributed by atoms with E-state index in [9.17, 15) is 0 Å². The monoisotopic (exact) mass is 847 g/mol. The first-order chi connectivity index (χ1) is 32.3. The molecule has 0 aliphatic rings. The number of hydrogen-bond acceptors (Lipinski definition) is 0. The molecule has 0 fully saturated rings. The zero-order valence-corrected chi connectivity index (χ0v) is 43.9. The summed E-state index contributed by atoms with van der Waals surface area (Å²) in [6.07, 6.45) is 0. The lowest BCUT2D eigenvalue weighted by Gasteiger charge is -2.29. The fraction of sp³-hybridized carbons (Fsp3) is 0. The summed E-state index contributed by atoms with van der Waals surface area (Å²) < 4.78 is 0. The van der Waals surface area contributed by atoms with Gasteiger partial charge in [0.05, 0.1) is 0 Å². The molecule has 0 aliphatic carbocycles. The molecule has 0 saturated carbocycles. The molecule has 0 aliphatic heterocycles. The maximum absolute atomic E-state index is 2.49. The van der Waals surface area contributed by atoms with E-state index >= 15 is 0 Å². The Bertz CT molecular complexity index is 4060. The quantitative estimate of drug-likeness (QED) is 0.122. The minimum absolute atomic E-state index is 1.23. The molecule has 0 N–H and O–H groups in total. The van der Waals surface area contributed by atoms with Gasteiger partial charge in [0.15, 0.2) is 0 Å². The molecular formula is C50H48B18. The van der Waals surface area contributed by atoms with E-state index in [2.05, 4.69) is 214 Å². The van der Waals surface area contributed by atoms with Crippen molar-refractivity contribution in [3.63, 3.8) is 0 Å². The van der Waals surface area contributed by atoms with E-state index in [1.54, 1.807) is 0 Å². The van der Waals surface area contributed by atoms with Crippen molar-refractivity contribution in [3.8, 4) is 44.5 Å². The Hall–Kier alpha value is -5.33. The minimum Gasteiger partial charge on any atom is -0.100 e. The molecule has 11 aromatic carbocycles. The van der Waals surface area contributed by atoms with Gasteiger partial charge < -0.3 is 0 Å². The van der Waals surface area contributed by atoms with E-state index in [1.807, 2.05) is 0 Å². The maximum atomic E-state index is 2.49. The number of benzene rings is 11. The molecule has 0 spiro atoms. The Morgan fingerprint density at radius 2 is 0.485 bits per heavy atom. The normalized spacial score (nSPS) is 12.0. The summed E-state index contributed by atoms with van der Waals surface area (Å²) in [6.45, 7) is 0. The standard InChI is InChI=1S/C50H48B18/c51-33-19(25-21-23-29(39(57)35(25)53)45(63)49(67)47(65)31(23)43(61)41(59)27(21)37(33)55)16-8-4-7-14(11-16)15-9-10-17(18(12-15)13-5-2-1-3-6-13)20-26-22-24-30(40(58)36(26)54)46(64)50(68)48(66)32(24)44(62)42(60)28(22)38(56)34(20)52/h1-12H,51-68H2. The molecule has 11 aromatic rings. The highest BCUT2D eigenvalue weighted by atomic mass is 14.3. The molecule has 0 nitrogen and oxygen atoms in total. The lowest BCUT2D eigenvalue weighted by Crippen LogP contribution is -2.48. The molecule has 0 atom stereocenters. The largest absolute Gasteiger partial charge is 0.139 e. The number of rotatable bonds is 4. The van der Waals surface area contributed by atoms with E-state index in [1.165, 1.54) is 207 Å². The molecular weight excluding hydrogens is 795 g/mol. The molecule has 0 saturated heterocycles. The van der Waals surface area contributed by atoms with Crippen LogP contribution in [0.1, 0.15) is 0 Å². The van der Waals surface area contributed by atoms with Crippen LogP contribution in [0.3, 0.4) is 0 Å². The van der Waals surface area contributed by atoms with Gasteiger partial charge in [-0.1, -0.05) is 148 Å². The average molecular weight is 844 g/mol.